The lowest BCUT2D eigenvalue weighted by atomic mass is 9.97. The molecule has 4 aromatic rings. The van der Waals surface area contributed by atoms with E-state index in [2.05, 4.69) is 21.3 Å². The Kier molecular flexibility index (Phi) is 4.83. The van der Waals surface area contributed by atoms with Crippen LogP contribution in [0.2, 0.25) is 0 Å². The van der Waals surface area contributed by atoms with Crippen LogP contribution in [0, 0.1) is 11.3 Å². The molecular weight excluding hydrogens is 366 g/mol. The summed E-state index contributed by atoms with van der Waals surface area (Å²) in [5.74, 6) is 0.0721. The summed E-state index contributed by atoms with van der Waals surface area (Å²) in [6, 6.07) is 17.3. The first-order valence-corrected chi connectivity index (χ1v) is 9.35. The van der Waals surface area contributed by atoms with Crippen molar-refractivity contribution in [3.63, 3.8) is 0 Å². The van der Waals surface area contributed by atoms with Crippen LogP contribution >= 0.6 is 0 Å². The van der Waals surface area contributed by atoms with Gasteiger partial charge in [-0.15, -0.1) is 5.10 Å². The van der Waals surface area contributed by atoms with Gasteiger partial charge in [0.2, 0.25) is 5.88 Å². The summed E-state index contributed by atoms with van der Waals surface area (Å²) < 4.78 is 1.48. The summed E-state index contributed by atoms with van der Waals surface area (Å²) in [6.45, 7) is 2.02. The van der Waals surface area contributed by atoms with Crippen LogP contribution in [-0.4, -0.2) is 29.8 Å². The first kappa shape index (κ1) is 18.4. The van der Waals surface area contributed by atoms with E-state index in [4.69, 9.17) is 0 Å². The Morgan fingerprint density at radius 2 is 1.79 bits per heavy atom. The number of rotatable bonds is 5. The fraction of sp³-hybridized carbons (Fsp3) is 0.182. The van der Waals surface area contributed by atoms with Crippen LogP contribution in [0.4, 0.5) is 0 Å². The number of benzene rings is 2. The Balaban J connectivity index is 1.72. The summed E-state index contributed by atoms with van der Waals surface area (Å²) in [5.41, 5.74) is 4.82. The normalized spacial score (nSPS) is 10.9. The third kappa shape index (κ3) is 3.36. The summed E-state index contributed by atoms with van der Waals surface area (Å²) in [4.78, 5) is 4.07. The smallest absolute Gasteiger partial charge is 0.320 e. The van der Waals surface area contributed by atoms with Crippen LogP contribution < -0.4 is 0 Å². The second-order valence-electron chi connectivity index (χ2n) is 6.78. The van der Waals surface area contributed by atoms with Crippen molar-refractivity contribution < 1.29 is 10.2 Å². The molecule has 0 aliphatic heterocycles. The molecule has 2 N–H and O–H groups in total. The second kappa shape index (κ2) is 7.60. The summed E-state index contributed by atoms with van der Waals surface area (Å²) >= 11 is 0. The highest BCUT2D eigenvalue weighted by molar-refractivity contribution is 5.70. The molecule has 0 aliphatic carbocycles. The van der Waals surface area contributed by atoms with Crippen molar-refractivity contribution >= 4 is 5.78 Å². The number of aromatic nitrogens is 4. The topological polar surface area (TPSA) is 107 Å². The van der Waals surface area contributed by atoms with Gasteiger partial charge in [-0.3, -0.25) is 0 Å². The number of fused-ring (bicyclic) bond motifs is 1. The van der Waals surface area contributed by atoms with Crippen LogP contribution in [-0.2, 0) is 12.8 Å². The van der Waals surface area contributed by atoms with Gasteiger partial charge in [0.05, 0.1) is 11.6 Å². The van der Waals surface area contributed by atoms with Gasteiger partial charge in [-0.25, -0.2) is 4.40 Å². The van der Waals surface area contributed by atoms with Crippen LogP contribution in [0.25, 0.3) is 16.9 Å². The fourth-order valence-corrected chi connectivity index (χ4v) is 3.53. The highest BCUT2D eigenvalue weighted by Gasteiger charge is 2.19. The van der Waals surface area contributed by atoms with Gasteiger partial charge in [0.15, 0.2) is 0 Å². The summed E-state index contributed by atoms with van der Waals surface area (Å²) in [6.07, 6.45) is 1.91. The minimum Gasteiger partial charge on any atom is -0.493 e. The minimum absolute atomic E-state index is 0.104. The molecule has 2 aromatic carbocycles. The summed E-state index contributed by atoms with van der Waals surface area (Å²) in [5, 5.41) is 37.3. The fourth-order valence-electron chi connectivity index (χ4n) is 3.53. The molecule has 0 bridgehead atoms. The third-order valence-corrected chi connectivity index (χ3v) is 4.90. The Bertz CT molecular complexity index is 1220. The second-order valence-corrected chi connectivity index (χ2v) is 6.78. The number of nitriles is 1. The zero-order valence-corrected chi connectivity index (χ0v) is 15.9. The predicted molar refractivity (Wildman–Crippen MR) is 108 cm³/mol. The number of nitrogens with zero attached hydrogens (tertiary/aromatic N) is 5. The Labute approximate surface area is 167 Å². The molecule has 0 atom stereocenters. The van der Waals surface area contributed by atoms with E-state index in [9.17, 15) is 15.5 Å². The molecule has 0 radical (unpaired) electrons. The first-order valence-electron chi connectivity index (χ1n) is 9.35. The lowest BCUT2D eigenvalue weighted by Crippen LogP contribution is -2.06. The van der Waals surface area contributed by atoms with Crippen molar-refractivity contribution in [3.05, 3.63) is 70.9 Å². The highest BCUT2D eigenvalue weighted by atomic mass is 16.3. The Hall–Kier alpha value is -3.92. The molecule has 2 heterocycles. The average Bonchev–Trinajstić information content (AvgIpc) is 3.11. The van der Waals surface area contributed by atoms with Gasteiger partial charge in [0.1, 0.15) is 0 Å². The number of aryl methyl sites for hydroxylation is 1. The predicted octanol–water partition coefficient (Wildman–Crippen LogP) is 3.62. The Morgan fingerprint density at radius 3 is 2.52 bits per heavy atom. The van der Waals surface area contributed by atoms with E-state index in [-0.39, 0.29) is 17.7 Å². The molecule has 0 saturated carbocycles. The highest BCUT2D eigenvalue weighted by Crippen LogP contribution is 2.28. The van der Waals surface area contributed by atoms with Crippen LogP contribution in [0.15, 0.2) is 48.5 Å². The minimum atomic E-state index is -0.236. The van der Waals surface area contributed by atoms with Gasteiger partial charge in [-0.1, -0.05) is 60.9 Å². The van der Waals surface area contributed by atoms with Crippen molar-refractivity contribution in [2.75, 3.05) is 0 Å². The zero-order chi connectivity index (χ0) is 20.4. The van der Waals surface area contributed by atoms with Crippen molar-refractivity contribution in [2.24, 2.45) is 0 Å². The van der Waals surface area contributed by atoms with E-state index >= 15 is 0 Å². The molecule has 0 unspecified atom stereocenters. The molecule has 0 fully saturated rings. The monoisotopic (exact) mass is 385 g/mol. The van der Waals surface area contributed by atoms with Gasteiger partial charge < -0.3 is 10.2 Å². The van der Waals surface area contributed by atoms with Gasteiger partial charge >= 0.3 is 6.01 Å². The maximum absolute atomic E-state index is 10.5. The van der Waals surface area contributed by atoms with Crippen molar-refractivity contribution in [1.29, 1.82) is 5.26 Å². The zero-order valence-electron chi connectivity index (χ0n) is 15.9. The molecule has 2 aromatic heterocycles. The Morgan fingerprint density at radius 1 is 1.03 bits per heavy atom. The molecule has 4 rings (SSSR count). The van der Waals surface area contributed by atoms with E-state index in [0.717, 1.165) is 28.8 Å². The molecule has 0 amide bonds. The maximum atomic E-state index is 10.5. The van der Waals surface area contributed by atoms with E-state index in [1.54, 1.807) is 6.07 Å². The summed E-state index contributed by atoms with van der Waals surface area (Å²) in [7, 11) is 0. The van der Waals surface area contributed by atoms with E-state index in [1.807, 2.05) is 49.4 Å². The molecule has 29 heavy (non-hydrogen) atoms. The SMILES string of the molecule is CCCc1c(Cc2ccc(-c3ccccc3C#N)cc2)c(O)nc2nnc(O)n12. The quantitative estimate of drug-likeness (QED) is 0.543. The van der Waals surface area contributed by atoms with Crippen LogP contribution in [0.5, 0.6) is 11.9 Å². The molecule has 7 nitrogen and oxygen atoms in total. The molecular formula is C22H19N5O2. The number of hydrogen-bond acceptors (Lipinski definition) is 6. The number of hydrogen-bond donors (Lipinski definition) is 2. The van der Waals surface area contributed by atoms with E-state index in [1.165, 1.54) is 4.40 Å². The van der Waals surface area contributed by atoms with Crippen LogP contribution in [0.3, 0.4) is 0 Å². The van der Waals surface area contributed by atoms with E-state index < -0.39 is 0 Å². The van der Waals surface area contributed by atoms with Gasteiger partial charge in [-0.05, 0) is 29.2 Å². The lowest BCUT2D eigenvalue weighted by molar-refractivity contribution is 0.417. The average molecular weight is 385 g/mol. The standard InChI is InChI=1S/C22H19N5O2/c1-2-5-19-18(20(28)24-21-25-26-22(29)27(19)21)12-14-8-10-15(11-9-14)17-7-4-3-6-16(17)13-23/h3-4,6-11H,2,5,12H2,1H3,(H,26,29)(H,24,25,28). The van der Waals surface area contributed by atoms with Crippen molar-refractivity contribution in [3.8, 4) is 29.1 Å². The van der Waals surface area contributed by atoms with Gasteiger partial charge in [-0.2, -0.15) is 10.2 Å². The third-order valence-electron chi connectivity index (χ3n) is 4.90. The molecule has 7 heteroatoms. The first-order chi connectivity index (χ1) is 14.1. The molecule has 144 valence electrons. The van der Waals surface area contributed by atoms with Gasteiger partial charge in [0, 0.05) is 17.7 Å². The maximum Gasteiger partial charge on any atom is 0.320 e. The molecule has 0 aliphatic rings. The largest absolute Gasteiger partial charge is 0.493 e. The molecule has 0 saturated heterocycles. The number of aromatic hydroxyl groups is 2. The van der Waals surface area contributed by atoms with Crippen LogP contribution in [0.1, 0.15) is 35.7 Å². The van der Waals surface area contributed by atoms with Gasteiger partial charge in [0.25, 0.3) is 5.78 Å². The van der Waals surface area contributed by atoms with E-state index in [0.29, 0.717) is 24.0 Å². The lowest BCUT2D eigenvalue weighted by Gasteiger charge is -2.13. The van der Waals surface area contributed by atoms with Crippen molar-refractivity contribution in [1.82, 2.24) is 19.6 Å². The molecule has 0 spiro atoms. The van der Waals surface area contributed by atoms with Crippen molar-refractivity contribution in [2.45, 2.75) is 26.2 Å².